The van der Waals surface area contributed by atoms with E-state index in [1.807, 2.05) is 0 Å². The van der Waals surface area contributed by atoms with Gasteiger partial charge < -0.3 is 20.3 Å². The average Bonchev–Trinajstić information content (AvgIpc) is 3.24. The molecule has 3 unspecified atom stereocenters. The smallest absolute Gasteiger partial charge is 0.306 e. The molecule has 6 nitrogen and oxygen atoms in total. The summed E-state index contributed by atoms with van der Waals surface area (Å²) < 4.78 is 5.94. The van der Waals surface area contributed by atoms with Crippen LogP contribution in [0.15, 0.2) is 12.2 Å². The van der Waals surface area contributed by atoms with Gasteiger partial charge in [0.1, 0.15) is 6.10 Å². The fourth-order valence-electron chi connectivity index (χ4n) is 8.49. The molecule has 3 N–H and O–H groups in total. The highest BCUT2D eigenvalue weighted by atomic mass is 16.5. The molecule has 1 amide bonds. The Kier molecular flexibility index (Phi) is 47.5. The number of carbonyl (C=O) groups excluding carboxylic acids is 2. The normalized spacial score (nSPS) is 13.2. The molecule has 0 rings (SSSR count). The first kappa shape index (κ1) is 58.6. The Bertz CT molecular complexity index is 909. The largest absolute Gasteiger partial charge is 0.462 e. The van der Waals surface area contributed by atoms with Crippen LogP contribution in [-0.4, -0.2) is 46.9 Å². The van der Waals surface area contributed by atoms with Crippen LogP contribution in [-0.2, 0) is 14.3 Å². The van der Waals surface area contributed by atoms with Gasteiger partial charge in [-0.1, -0.05) is 245 Å². The molecule has 60 heavy (non-hydrogen) atoms. The van der Waals surface area contributed by atoms with Crippen molar-refractivity contribution in [2.24, 2.45) is 0 Å². The number of amides is 1. The number of hydrogen-bond donors (Lipinski definition) is 3. The molecular formula is C54H105NO5. The van der Waals surface area contributed by atoms with Crippen molar-refractivity contribution < 1.29 is 24.5 Å². The molecule has 0 bridgehead atoms. The Hall–Kier alpha value is -1.40. The molecule has 0 radical (unpaired) electrons. The average molecular weight is 848 g/mol. The predicted molar refractivity (Wildman–Crippen MR) is 260 cm³/mol. The van der Waals surface area contributed by atoms with Crippen molar-refractivity contribution in [3.05, 3.63) is 12.2 Å². The Morgan fingerprint density at radius 2 is 0.800 bits per heavy atom. The molecule has 3 atom stereocenters. The van der Waals surface area contributed by atoms with Crippen molar-refractivity contribution in [1.29, 1.82) is 0 Å². The van der Waals surface area contributed by atoms with Crippen molar-refractivity contribution in [3.8, 4) is 0 Å². The predicted octanol–water partition coefficient (Wildman–Crippen LogP) is 16.1. The van der Waals surface area contributed by atoms with Crippen molar-refractivity contribution in [3.63, 3.8) is 0 Å². The number of hydrogen-bond acceptors (Lipinski definition) is 5. The van der Waals surface area contributed by atoms with Crippen LogP contribution < -0.4 is 5.32 Å². The second-order valence-electron chi connectivity index (χ2n) is 18.6. The quantitative estimate of drug-likeness (QED) is 0.0322. The molecule has 0 aromatic carbocycles. The molecule has 0 aromatic heterocycles. The van der Waals surface area contributed by atoms with Crippen LogP contribution >= 0.6 is 0 Å². The molecule has 0 saturated heterocycles. The summed E-state index contributed by atoms with van der Waals surface area (Å²) in [5.74, 6) is -0.471. The summed E-state index contributed by atoms with van der Waals surface area (Å²) in [6, 6.07) is -0.699. The molecule has 0 aliphatic carbocycles. The molecule has 0 aliphatic rings. The summed E-state index contributed by atoms with van der Waals surface area (Å²) in [4.78, 5) is 26.1. The molecule has 0 spiro atoms. The molecular weight excluding hydrogens is 743 g/mol. The van der Waals surface area contributed by atoms with Crippen molar-refractivity contribution >= 4 is 11.9 Å². The van der Waals surface area contributed by atoms with Crippen LogP contribution in [0.5, 0.6) is 0 Å². The Morgan fingerprint density at radius 1 is 0.467 bits per heavy atom. The third-order valence-corrected chi connectivity index (χ3v) is 12.6. The van der Waals surface area contributed by atoms with E-state index >= 15 is 0 Å². The number of allylic oxidation sites excluding steroid dienone is 2. The fraction of sp³-hybridized carbons (Fsp3) is 0.926. The Morgan fingerprint density at radius 3 is 1.20 bits per heavy atom. The lowest BCUT2D eigenvalue weighted by Gasteiger charge is -2.24. The Labute approximate surface area is 374 Å². The van der Waals surface area contributed by atoms with E-state index in [4.69, 9.17) is 4.74 Å². The minimum atomic E-state index is -0.784. The van der Waals surface area contributed by atoms with Gasteiger partial charge in [-0.2, -0.15) is 0 Å². The van der Waals surface area contributed by atoms with Gasteiger partial charge in [0.15, 0.2) is 0 Å². The van der Waals surface area contributed by atoms with Gasteiger partial charge in [-0.05, 0) is 51.4 Å². The number of rotatable bonds is 49. The summed E-state index contributed by atoms with van der Waals surface area (Å²) >= 11 is 0. The number of carbonyl (C=O) groups is 2. The highest BCUT2D eigenvalue weighted by Crippen LogP contribution is 2.18. The second kappa shape index (κ2) is 48.6. The SMILES string of the molecule is CCCCCCCCCCC/C=C/CCCCCC(CC(=O)NC(CO)C(O)CCCCCCCCCCC)OC(=O)CCCCCCCCCCCCCCCCCC. The maximum absolute atomic E-state index is 13.2. The lowest BCUT2D eigenvalue weighted by atomic mass is 10.0. The van der Waals surface area contributed by atoms with E-state index in [9.17, 15) is 19.8 Å². The van der Waals surface area contributed by atoms with Gasteiger partial charge >= 0.3 is 5.97 Å². The fourth-order valence-corrected chi connectivity index (χ4v) is 8.49. The minimum absolute atomic E-state index is 0.0740. The second-order valence-corrected chi connectivity index (χ2v) is 18.6. The summed E-state index contributed by atoms with van der Waals surface area (Å²) in [5.41, 5.74) is 0. The van der Waals surface area contributed by atoms with Crippen LogP contribution in [0.4, 0.5) is 0 Å². The van der Waals surface area contributed by atoms with E-state index in [2.05, 4.69) is 38.2 Å². The van der Waals surface area contributed by atoms with Crippen LogP contribution in [0.2, 0.25) is 0 Å². The highest BCUT2D eigenvalue weighted by molar-refractivity contribution is 5.77. The van der Waals surface area contributed by atoms with E-state index in [1.54, 1.807) is 0 Å². The van der Waals surface area contributed by atoms with Gasteiger partial charge in [-0.3, -0.25) is 9.59 Å². The summed E-state index contributed by atoms with van der Waals surface area (Å²) in [6.45, 7) is 6.49. The molecule has 356 valence electrons. The third kappa shape index (κ3) is 43.3. The molecule has 0 fully saturated rings. The van der Waals surface area contributed by atoms with E-state index in [1.165, 1.54) is 186 Å². The zero-order chi connectivity index (χ0) is 43.8. The maximum atomic E-state index is 13.2. The molecule has 0 aromatic rings. The van der Waals surface area contributed by atoms with Gasteiger partial charge in [0, 0.05) is 6.42 Å². The third-order valence-electron chi connectivity index (χ3n) is 12.6. The topological polar surface area (TPSA) is 95.9 Å². The zero-order valence-electron chi connectivity index (χ0n) is 40.6. The van der Waals surface area contributed by atoms with E-state index in [0.717, 1.165) is 64.2 Å². The van der Waals surface area contributed by atoms with Gasteiger partial charge in [-0.15, -0.1) is 0 Å². The van der Waals surface area contributed by atoms with Crippen molar-refractivity contribution in [1.82, 2.24) is 5.32 Å². The molecule has 0 aliphatic heterocycles. The number of unbranched alkanes of at least 4 members (excludes halogenated alkanes) is 35. The van der Waals surface area contributed by atoms with Gasteiger partial charge in [0.2, 0.25) is 5.91 Å². The first-order valence-electron chi connectivity index (χ1n) is 26.9. The highest BCUT2D eigenvalue weighted by Gasteiger charge is 2.24. The lowest BCUT2D eigenvalue weighted by molar-refractivity contribution is -0.151. The molecule has 6 heteroatoms. The Balaban J connectivity index is 4.53. The van der Waals surface area contributed by atoms with Gasteiger partial charge in [0.25, 0.3) is 0 Å². The number of ether oxygens (including phenoxy) is 1. The van der Waals surface area contributed by atoms with E-state index in [0.29, 0.717) is 19.3 Å². The zero-order valence-corrected chi connectivity index (χ0v) is 40.6. The standard InChI is InChI=1S/C54H105NO5/c1-4-7-10-13-16-19-21-23-25-27-29-31-34-36-39-42-45-50(48-53(58)55-51(49-56)52(57)46-43-40-37-33-18-15-12-9-6-3)60-54(59)47-44-41-38-35-32-30-28-26-24-22-20-17-14-11-8-5-2/h29,31,50-52,56-57H,4-28,30,32-49H2,1-3H3,(H,55,58)/b31-29+. The summed E-state index contributed by atoms with van der Waals surface area (Å²) in [6.07, 6.45) is 54.2. The number of aliphatic hydroxyl groups is 2. The van der Waals surface area contributed by atoms with Crippen LogP contribution in [0.25, 0.3) is 0 Å². The van der Waals surface area contributed by atoms with E-state index < -0.39 is 18.2 Å². The monoisotopic (exact) mass is 848 g/mol. The maximum Gasteiger partial charge on any atom is 0.306 e. The number of aliphatic hydroxyl groups excluding tert-OH is 2. The van der Waals surface area contributed by atoms with Crippen LogP contribution in [0, 0.1) is 0 Å². The molecule has 0 heterocycles. The summed E-state index contributed by atoms with van der Waals surface area (Å²) in [5, 5.41) is 23.7. The lowest BCUT2D eigenvalue weighted by Crippen LogP contribution is -2.46. The van der Waals surface area contributed by atoms with Gasteiger partial charge in [-0.25, -0.2) is 0 Å². The van der Waals surface area contributed by atoms with Crippen molar-refractivity contribution in [2.45, 2.75) is 315 Å². The number of esters is 1. The number of nitrogens with one attached hydrogen (secondary N) is 1. The van der Waals surface area contributed by atoms with Crippen molar-refractivity contribution in [2.75, 3.05) is 6.61 Å². The van der Waals surface area contributed by atoms with Gasteiger partial charge in [0.05, 0.1) is 25.2 Å². The first-order valence-corrected chi connectivity index (χ1v) is 26.9. The summed E-state index contributed by atoms with van der Waals surface area (Å²) in [7, 11) is 0. The minimum Gasteiger partial charge on any atom is -0.462 e. The first-order chi connectivity index (χ1) is 29.5. The van der Waals surface area contributed by atoms with Crippen LogP contribution in [0.1, 0.15) is 297 Å². The van der Waals surface area contributed by atoms with Crippen LogP contribution in [0.3, 0.4) is 0 Å². The van der Waals surface area contributed by atoms with E-state index in [-0.39, 0.29) is 24.9 Å². The molecule has 0 saturated carbocycles.